The monoisotopic (exact) mass is 308 g/mol. The minimum absolute atomic E-state index is 0.0377. The summed E-state index contributed by atoms with van der Waals surface area (Å²) in [5.74, 6) is -1.34. The third kappa shape index (κ3) is 3.02. The van der Waals surface area contributed by atoms with Gasteiger partial charge in [0.25, 0.3) is 0 Å². The molecule has 2 heterocycles. The van der Waals surface area contributed by atoms with E-state index in [2.05, 4.69) is 4.98 Å². The lowest BCUT2D eigenvalue weighted by Crippen LogP contribution is -2.25. The van der Waals surface area contributed by atoms with E-state index in [1.165, 1.54) is 4.90 Å². The fraction of sp³-hybridized carbons (Fsp3) is 0.286. The minimum Gasteiger partial charge on any atom is -0.311 e. The first-order chi connectivity index (χ1) is 9.92. The number of aromatic nitrogens is 1. The summed E-state index contributed by atoms with van der Waals surface area (Å²) in [4.78, 5) is 17.7. The first-order valence-electron chi connectivity index (χ1n) is 6.50. The van der Waals surface area contributed by atoms with Crippen molar-refractivity contribution < 1.29 is 17.1 Å². The van der Waals surface area contributed by atoms with Gasteiger partial charge < -0.3 is 4.90 Å². The van der Waals surface area contributed by atoms with Crippen molar-refractivity contribution in [1.29, 1.82) is 0 Å². The quantitative estimate of drug-likeness (QED) is 0.812. The van der Waals surface area contributed by atoms with E-state index in [0.29, 0.717) is 5.69 Å². The number of nitrogens with zero attached hydrogens (tertiary/aromatic N) is 2. The van der Waals surface area contributed by atoms with Gasteiger partial charge in [0.1, 0.15) is 0 Å². The highest BCUT2D eigenvalue weighted by molar-refractivity contribution is 7.86. The van der Waals surface area contributed by atoms with Crippen LogP contribution in [0.15, 0.2) is 36.5 Å². The second kappa shape index (κ2) is 5.07. The van der Waals surface area contributed by atoms with Gasteiger partial charge in [0.05, 0.1) is 23.2 Å². The molecule has 110 valence electrons. The van der Waals surface area contributed by atoms with Crippen LogP contribution in [0, 0.1) is 5.92 Å². The molecule has 1 amide bonds. The van der Waals surface area contributed by atoms with Crippen LogP contribution < -0.4 is 4.90 Å². The molecule has 1 fully saturated rings. The van der Waals surface area contributed by atoms with Crippen molar-refractivity contribution in [2.45, 2.75) is 6.42 Å². The van der Waals surface area contributed by atoms with Crippen molar-refractivity contribution >= 4 is 32.7 Å². The van der Waals surface area contributed by atoms with Gasteiger partial charge in [0, 0.05) is 24.3 Å². The molecule has 0 N–H and O–H groups in total. The van der Waals surface area contributed by atoms with Gasteiger partial charge in [-0.1, -0.05) is 18.2 Å². The number of para-hydroxylation sites is 1. The number of carbonyl (C=O) groups excluding carboxylic acids is 1. The third-order valence-corrected chi connectivity index (χ3v) is 4.40. The summed E-state index contributed by atoms with van der Waals surface area (Å²) in [6.07, 6.45) is 1.61. The number of rotatable bonds is 3. The number of benzene rings is 1. The van der Waals surface area contributed by atoms with Crippen molar-refractivity contribution in [3.8, 4) is 0 Å². The second-order valence-corrected chi connectivity index (χ2v) is 6.58. The number of hydrogen-bond donors (Lipinski definition) is 0. The number of anilines is 1. The van der Waals surface area contributed by atoms with Crippen LogP contribution >= 0.6 is 0 Å². The molecule has 0 radical (unpaired) electrons. The fourth-order valence-electron chi connectivity index (χ4n) is 2.63. The van der Waals surface area contributed by atoms with Crippen molar-refractivity contribution in [3.63, 3.8) is 0 Å². The van der Waals surface area contributed by atoms with Gasteiger partial charge in [-0.05, 0) is 12.1 Å². The molecule has 0 aliphatic carbocycles. The van der Waals surface area contributed by atoms with Gasteiger partial charge in [-0.15, -0.1) is 3.89 Å². The van der Waals surface area contributed by atoms with Crippen LogP contribution in [-0.2, 0) is 15.0 Å². The first-order valence-corrected chi connectivity index (χ1v) is 8.05. The largest absolute Gasteiger partial charge is 0.311 e. The summed E-state index contributed by atoms with van der Waals surface area (Å²) in [7, 11) is -4.57. The van der Waals surface area contributed by atoms with Crippen molar-refractivity contribution in [1.82, 2.24) is 4.98 Å². The normalized spacial score (nSPS) is 19.4. The minimum atomic E-state index is -4.57. The molecule has 1 aromatic carbocycles. The fourth-order valence-corrected chi connectivity index (χ4v) is 3.42. The molecule has 1 saturated heterocycles. The SMILES string of the molecule is O=C1CC(CS(=O)(=O)F)CN1c1cnc2ccccc2c1. The summed E-state index contributed by atoms with van der Waals surface area (Å²) in [6.45, 7) is 0.196. The molecule has 3 rings (SSSR count). The predicted octanol–water partition coefficient (Wildman–Crippen LogP) is 1.89. The van der Waals surface area contributed by atoms with Crippen LogP contribution in [-0.4, -0.2) is 31.6 Å². The van der Waals surface area contributed by atoms with E-state index < -0.39 is 21.9 Å². The zero-order valence-corrected chi connectivity index (χ0v) is 11.9. The number of amides is 1. The highest BCUT2D eigenvalue weighted by Gasteiger charge is 2.33. The molecule has 0 saturated carbocycles. The van der Waals surface area contributed by atoms with Gasteiger partial charge in [-0.25, -0.2) is 0 Å². The smallest absolute Gasteiger partial charge is 0.302 e. The van der Waals surface area contributed by atoms with E-state index in [9.17, 15) is 17.1 Å². The Balaban J connectivity index is 1.87. The van der Waals surface area contributed by atoms with Gasteiger partial charge in [0.15, 0.2) is 0 Å². The number of fused-ring (bicyclic) bond motifs is 1. The Morgan fingerprint density at radius 3 is 2.86 bits per heavy atom. The molecule has 5 nitrogen and oxygen atoms in total. The summed E-state index contributed by atoms with van der Waals surface area (Å²) in [5.41, 5.74) is 1.42. The average Bonchev–Trinajstić information content (AvgIpc) is 2.76. The molecule has 7 heteroatoms. The average molecular weight is 308 g/mol. The van der Waals surface area contributed by atoms with Crippen LogP contribution in [0.1, 0.15) is 6.42 Å². The third-order valence-electron chi connectivity index (χ3n) is 3.53. The van der Waals surface area contributed by atoms with Crippen LogP contribution in [0.3, 0.4) is 0 Å². The maximum atomic E-state index is 12.7. The summed E-state index contributed by atoms with van der Waals surface area (Å²) >= 11 is 0. The summed E-state index contributed by atoms with van der Waals surface area (Å²) in [6, 6.07) is 9.32. The Morgan fingerprint density at radius 2 is 2.10 bits per heavy atom. The second-order valence-electron chi connectivity index (χ2n) is 5.17. The van der Waals surface area contributed by atoms with Crippen LogP contribution in [0.5, 0.6) is 0 Å². The van der Waals surface area contributed by atoms with E-state index in [0.717, 1.165) is 10.9 Å². The summed E-state index contributed by atoms with van der Waals surface area (Å²) < 4.78 is 34.1. The Labute approximate surface area is 121 Å². The van der Waals surface area contributed by atoms with E-state index in [1.807, 2.05) is 30.3 Å². The molecular formula is C14H13FN2O3S. The Morgan fingerprint density at radius 1 is 1.33 bits per heavy atom. The number of halogens is 1. The Kier molecular flexibility index (Phi) is 3.36. The molecular weight excluding hydrogens is 295 g/mol. The number of hydrogen-bond acceptors (Lipinski definition) is 4. The molecule has 0 bridgehead atoms. The molecule has 0 spiro atoms. The lowest BCUT2D eigenvalue weighted by Gasteiger charge is -2.16. The maximum absolute atomic E-state index is 12.7. The predicted molar refractivity (Wildman–Crippen MR) is 77.1 cm³/mol. The van der Waals surface area contributed by atoms with Gasteiger partial charge >= 0.3 is 10.2 Å². The molecule has 2 aromatic rings. The summed E-state index contributed by atoms with van der Waals surface area (Å²) in [5, 5.41) is 0.893. The highest BCUT2D eigenvalue weighted by Crippen LogP contribution is 2.27. The van der Waals surface area contributed by atoms with Crippen molar-refractivity contribution in [2.75, 3.05) is 17.2 Å². The van der Waals surface area contributed by atoms with E-state index >= 15 is 0 Å². The van der Waals surface area contributed by atoms with E-state index in [1.54, 1.807) is 6.20 Å². The van der Waals surface area contributed by atoms with Crippen molar-refractivity contribution in [3.05, 3.63) is 36.5 Å². The Bertz CT molecular complexity index is 807. The molecule has 1 aliphatic rings. The van der Waals surface area contributed by atoms with Gasteiger partial charge in [-0.2, -0.15) is 8.42 Å². The molecule has 21 heavy (non-hydrogen) atoms. The lowest BCUT2D eigenvalue weighted by atomic mass is 10.1. The first kappa shape index (κ1) is 13.9. The molecule has 1 unspecified atom stereocenters. The highest BCUT2D eigenvalue weighted by atomic mass is 32.3. The maximum Gasteiger partial charge on any atom is 0.302 e. The van der Waals surface area contributed by atoms with Crippen LogP contribution in [0.25, 0.3) is 10.9 Å². The van der Waals surface area contributed by atoms with Crippen LogP contribution in [0.4, 0.5) is 9.57 Å². The Hall–Kier alpha value is -2.02. The zero-order valence-electron chi connectivity index (χ0n) is 11.1. The topological polar surface area (TPSA) is 67.3 Å². The van der Waals surface area contributed by atoms with E-state index in [4.69, 9.17) is 0 Å². The van der Waals surface area contributed by atoms with Crippen LogP contribution in [0.2, 0.25) is 0 Å². The standard InChI is InChI=1S/C14H13FN2O3S/c15-21(19,20)9-10-5-14(18)17(8-10)12-6-11-3-1-2-4-13(11)16-7-12/h1-4,6-7,10H,5,8-9H2. The zero-order chi connectivity index (χ0) is 15.0. The number of carbonyl (C=O) groups is 1. The van der Waals surface area contributed by atoms with Crippen molar-refractivity contribution in [2.24, 2.45) is 5.92 Å². The van der Waals surface area contributed by atoms with Gasteiger partial charge in [-0.3, -0.25) is 9.78 Å². The number of pyridine rings is 1. The van der Waals surface area contributed by atoms with Gasteiger partial charge in [0.2, 0.25) is 5.91 Å². The molecule has 1 aliphatic heterocycles. The lowest BCUT2D eigenvalue weighted by molar-refractivity contribution is -0.117. The molecule has 1 atom stereocenters. The van der Waals surface area contributed by atoms with E-state index in [-0.39, 0.29) is 18.9 Å². The molecule has 1 aromatic heterocycles.